The molecular weight excluding hydrogens is 456 g/mol. The monoisotopic (exact) mass is 490 g/mol. The van der Waals surface area contributed by atoms with E-state index in [-0.39, 0.29) is 12.5 Å². The van der Waals surface area contributed by atoms with E-state index in [9.17, 15) is 14.7 Å². The lowest BCUT2D eigenvalue weighted by molar-refractivity contribution is -0.149. The first kappa shape index (κ1) is 27.5. The first-order valence-electron chi connectivity index (χ1n) is 11.7. The molecule has 34 heavy (non-hydrogen) atoms. The molecule has 1 atom stereocenters. The standard InChI is InChI=1S/C26H35ClN2O5/c1-4-33-24(25(30)31)18-20-11-13-21(14-12-20)34-17-16-29(15-7-8-19(2)3)26(32)28-23-10-6-5-9-22(23)27/h5-6,9-14,19,24H,4,7-8,15-18H2,1-3H3,(H,28,32)(H,30,31). The minimum Gasteiger partial charge on any atom is -0.492 e. The Bertz CT molecular complexity index is 904. The Kier molecular flexibility index (Phi) is 11.7. The Labute approximate surface area is 207 Å². The van der Waals surface area contributed by atoms with E-state index in [1.54, 1.807) is 36.1 Å². The average molecular weight is 491 g/mol. The number of ether oxygens (including phenoxy) is 2. The van der Waals surface area contributed by atoms with Crippen molar-refractivity contribution in [2.75, 3.05) is 31.6 Å². The van der Waals surface area contributed by atoms with Crippen LogP contribution in [0.25, 0.3) is 0 Å². The summed E-state index contributed by atoms with van der Waals surface area (Å²) in [5.41, 5.74) is 1.42. The van der Waals surface area contributed by atoms with Crippen molar-refractivity contribution >= 4 is 29.3 Å². The first-order chi connectivity index (χ1) is 16.3. The zero-order valence-electron chi connectivity index (χ0n) is 20.1. The maximum absolute atomic E-state index is 12.9. The summed E-state index contributed by atoms with van der Waals surface area (Å²) in [6.07, 6.45) is 1.34. The fourth-order valence-electron chi connectivity index (χ4n) is 3.39. The Morgan fingerprint density at radius 1 is 1.09 bits per heavy atom. The molecule has 1 unspecified atom stereocenters. The minimum atomic E-state index is -0.977. The summed E-state index contributed by atoms with van der Waals surface area (Å²) in [4.78, 5) is 25.9. The predicted molar refractivity (Wildman–Crippen MR) is 135 cm³/mol. The number of urea groups is 1. The van der Waals surface area contributed by atoms with Gasteiger partial charge in [0.25, 0.3) is 0 Å². The molecule has 2 amide bonds. The maximum Gasteiger partial charge on any atom is 0.333 e. The highest BCUT2D eigenvalue weighted by Gasteiger charge is 2.18. The number of nitrogens with one attached hydrogen (secondary N) is 1. The number of carbonyl (C=O) groups is 2. The number of nitrogens with zero attached hydrogens (tertiary/aromatic N) is 1. The van der Waals surface area contributed by atoms with E-state index in [2.05, 4.69) is 19.2 Å². The summed E-state index contributed by atoms with van der Waals surface area (Å²) in [5.74, 6) is 0.238. The van der Waals surface area contributed by atoms with Crippen molar-refractivity contribution in [3.05, 3.63) is 59.1 Å². The quantitative estimate of drug-likeness (QED) is 0.353. The molecule has 0 saturated heterocycles. The van der Waals surface area contributed by atoms with Gasteiger partial charge in [-0.15, -0.1) is 0 Å². The number of aliphatic carboxylic acids is 1. The molecule has 0 aliphatic rings. The lowest BCUT2D eigenvalue weighted by Gasteiger charge is -2.24. The fourth-order valence-corrected chi connectivity index (χ4v) is 3.57. The normalized spacial score (nSPS) is 11.8. The molecule has 2 rings (SSSR count). The van der Waals surface area contributed by atoms with Crippen LogP contribution in [-0.4, -0.2) is 54.4 Å². The second kappa shape index (κ2) is 14.5. The minimum absolute atomic E-state index is 0.216. The van der Waals surface area contributed by atoms with E-state index < -0.39 is 12.1 Å². The summed E-state index contributed by atoms with van der Waals surface area (Å²) in [6, 6.07) is 14.2. The van der Waals surface area contributed by atoms with Crippen LogP contribution >= 0.6 is 11.6 Å². The number of anilines is 1. The lowest BCUT2D eigenvalue weighted by Crippen LogP contribution is -2.38. The van der Waals surface area contributed by atoms with Gasteiger partial charge >= 0.3 is 12.0 Å². The third-order valence-corrected chi connectivity index (χ3v) is 5.56. The molecule has 2 aromatic rings. The number of para-hydroxylation sites is 1. The van der Waals surface area contributed by atoms with Gasteiger partial charge in [-0.2, -0.15) is 0 Å². The van der Waals surface area contributed by atoms with Gasteiger partial charge in [0, 0.05) is 19.6 Å². The summed E-state index contributed by atoms with van der Waals surface area (Å²) in [7, 11) is 0. The van der Waals surface area contributed by atoms with Crippen molar-refractivity contribution in [2.24, 2.45) is 5.92 Å². The smallest absolute Gasteiger partial charge is 0.333 e. The number of carboxylic acids is 1. The van der Waals surface area contributed by atoms with Crippen LogP contribution in [0.2, 0.25) is 5.02 Å². The van der Waals surface area contributed by atoms with Crippen LogP contribution < -0.4 is 10.1 Å². The summed E-state index contributed by atoms with van der Waals surface area (Å²) >= 11 is 6.18. The number of hydrogen-bond acceptors (Lipinski definition) is 4. The van der Waals surface area contributed by atoms with Gasteiger partial charge < -0.3 is 24.8 Å². The third-order valence-electron chi connectivity index (χ3n) is 5.23. The molecule has 0 aliphatic heterocycles. The second-order valence-electron chi connectivity index (χ2n) is 8.41. The van der Waals surface area contributed by atoms with Gasteiger partial charge in [-0.1, -0.05) is 49.7 Å². The second-order valence-corrected chi connectivity index (χ2v) is 8.82. The summed E-state index contributed by atoms with van der Waals surface area (Å²) in [6.45, 7) is 7.80. The highest BCUT2D eigenvalue weighted by Crippen LogP contribution is 2.21. The molecule has 7 nitrogen and oxygen atoms in total. The van der Waals surface area contributed by atoms with E-state index in [1.807, 2.05) is 24.3 Å². The fraction of sp³-hybridized carbons (Fsp3) is 0.462. The zero-order chi connectivity index (χ0) is 24.9. The largest absolute Gasteiger partial charge is 0.492 e. The van der Waals surface area contributed by atoms with Crippen molar-refractivity contribution in [3.63, 3.8) is 0 Å². The van der Waals surface area contributed by atoms with Crippen LogP contribution in [0.3, 0.4) is 0 Å². The van der Waals surface area contributed by atoms with E-state index in [1.165, 1.54) is 0 Å². The van der Waals surface area contributed by atoms with Crippen LogP contribution in [0.5, 0.6) is 5.75 Å². The van der Waals surface area contributed by atoms with E-state index in [4.69, 9.17) is 21.1 Å². The van der Waals surface area contributed by atoms with Crippen LogP contribution in [0.15, 0.2) is 48.5 Å². The van der Waals surface area contributed by atoms with E-state index in [0.29, 0.717) is 48.7 Å². The Morgan fingerprint density at radius 3 is 2.41 bits per heavy atom. The Morgan fingerprint density at radius 2 is 1.79 bits per heavy atom. The summed E-state index contributed by atoms with van der Waals surface area (Å²) < 4.78 is 11.1. The van der Waals surface area contributed by atoms with Crippen molar-refractivity contribution in [1.82, 2.24) is 4.90 Å². The van der Waals surface area contributed by atoms with Crippen molar-refractivity contribution in [2.45, 2.75) is 46.1 Å². The predicted octanol–water partition coefficient (Wildman–Crippen LogP) is 5.72. The molecule has 0 aromatic heterocycles. The molecule has 0 radical (unpaired) electrons. The van der Waals surface area contributed by atoms with Crippen molar-refractivity contribution < 1.29 is 24.2 Å². The van der Waals surface area contributed by atoms with E-state index in [0.717, 1.165) is 18.4 Å². The number of hydrogen-bond donors (Lipinski definition) is 2. The Balaban J connectivity index is 1.92. The van der Waals surface area contributed by atoms with Crippen LogP contribution in [-0.2, 0) is 16.0 Å². The number of benzene rings is 2. The van der Waals surface area contributed by atoms with Crippen molar-refractivity contribution in [1.29, 1.82) is 0 Å². The number of carboxylic acid groups (broad SMARTS) is 1. The molecule has 0 bridgehead atoms. The Hall–Kier alpha value is -2.77. The number of halogens is 1. The number of rotatable bonds is 14. The van der Waals surface area contributed by atoms with Crippen LogP contribution in [0.1, 0.15) is 39.2 Å². The van der Waals surface area contributed by atoms with Gasteiger partial charge in [0.05, 0.1) is 17.3 Å². The van der Waals surface area contributed by atoms with Crippen molar-refractivity contribution in [3.8, 4) is 5.75 Å². The molecule has 0 saturated carbocycles. The first-order valence-corrected chi connectivity index (χ1v) is 12.0. The zero-order valence-corrected chi connectivity index (χ0v) is 20.9. The highest BCUT2D eigenvalue weighted by atomic mass is 35.5. The van der Waals surface area contributed by atoms with Crippen LogP contribution in [0.4, 0.5) is 10.5 Å². The van der Waals surface area contributed by atoms with Gasteiger partial charge in [0.2, 0.25) is 0 Å². The molecule has 0 fully saturated rings. The molecular formula is C26H35ClN2O5. The van der Waals surface area contributed by atoms with Gasteiger partial charge in [0.15, 0.2) is 6.10 Å². The molecule has 8 heteroatoms. The average Bonchev–Trinajstić information content (AvgIpc) is 2.80. The van der Waals surface area contributed by atoms with Gasteiger partial charge in [-0.05, 0) is 55.5 Å². The number of amides is 2. The van der Waals surface area contributed by atoms with Crippen LogP contribution in [0, 0.1) is 5.92 Å². The van der Waals surface area contributed by atoms with Gasteiger partial charge in [-0.25, -0.2) is 9.59 Å². The SMILES string of the molecule is CCOC(Cc1ccc(OCCN(CCCC(C)C)C(=O)Nc2ccccc2Cl)cc1)C(=O)O. The molecule has 0 aliphatic carbocycles. The summed E-state index contributed by atoms with van der Waals surface area (Å²) in [5, 5.41) is 12.6. The molecule has 2 aromatic carbocycles. The van der Waals surface area contributed by atoms with Gasteiger partial charge in [-0.3, -0.25) is 0 Å². The maximum atomic E-state index is 12.9. The third kappa shape index (κ3) is 9.61. The molecule has 186 valence electrons. The topological polar surface area (TPSA) is 88.1 Å². The lowest BCUT2D eigenvalue weighted by atomic mass is 10.1. The van der Waals surface area contributed by atoms with Gasteiger partial charge in [0.1, 0.15) is 12.4 Å². The van der Waals surface area contributed by atoms with E-state index >= 15 is 0 Å². The molecule has 0 heterocycles. The number of carbonyl (C=O) groups excluding carboxylic acids is 1. The highest BCUT2D eigenvalue weighted by molar-refractivity contribution is 6.33. The molecule has 2 N–H and O–H groups in total. The molecule has 0 spiro atoms.